The third-order valence-corrected chi connectivity index (χ3v) is 4.71. The van der Waals surface area contributed by atoms with Gasteiger partial charge in [0.25, 0.3) is 17.0 Å². The van der Waals surface area contributed by atoms with Crippen LogP contribution in [0.2, 0.25) is 0 Å². The molecule has 1 atom stereocenters. The normalized spacial score (nSPS) is 14.4. The number of carbonyl (C=O) groups excluding carboxylic acids is 3. The number of ether oxygens (including phenoxy) is 2. The Morgan fingerprint density at radius 2 is 1.87 bits per heavy atom. The minimum absolute atomic E-state index is 0.186. The van der Waals surface area contributed by atoms with E-state index in [1.54, 1.807) is 12.1 Å². The van der Waals surface area contributed by atoms with Crippen molar-refractivity contribution in [3.8, 4) is 0 Å². The zero-order valence-electron chi connectivity index (χ0n) is 15.8. The summed E-state index contributed by atoms with van der Waals surface area (Å²) in [5.41, 5.74) is 0.372. The van der Waals surface area contributed by atoms with Gasteiger partial charge in [0.15, 0.2) is 6.10 Å². The van der Waals surface area contributed by atoms with E-state index in [-0.39, 0.29) is 22.9 Å². The number of benzene rings is 1. The monoisotopic (exact) mass is 437 g/mol. The summed E-state index contributed by atoms with van der Waals surface area (Å²) < 4.78 is 40.3. The van der Waals surface area contributed by atoms with Crippen molar-refractivity contribution in [3.05, 3.63) is 54.1 Å². The smallest absolute Gasteiger partial charge is 0.381 e. The first-order valence-corrected chi connectivity index (χ1v) is 9.37. The third-order valence-electron chi connectivity index (χ3n) is 4.40. The van der Waals surface area contributed by atoms with Gasteiger partial charge in [0, 0.05) is 25.4 Å². The summed E-state index contributed by atoms with van der Waals surface area (Å²) in [6.45, 7) is 0.725. The number of halogens is 2. The van der Waals surface area contributed by atoms with Gasteiger partial charge in [-0.3, -0.25) is 19.1 Å². The van der Waals surface area contributed by atoms with Crippen LogP contribution in [-0.4, -0.2) is 62.6 Å². The van der Waals surface area contributed by atoms with Crippen LogP contribution in [0.25, 0.3) is 0 Å². The molecule has 8 nitrogen and oxygen atoms in total. The number of rotatable bonds is 7. The van der Waals surface area contributed by atoms with Gasteiger partial charge >= 0.3 is 11.9 Å². The molecule has 1 aromatic carbocycles. The van der Waals surface area contributed by atoms with Crippen LogP contribution in [0.5, 0.6) is 0 Å². The van der Waals surface area contributed by atoms with Crippen LogP contribution in [0.4, 0.5) is 8.78 Å². The van der Waals surface area contributed by atoms with Crippen molar-refractivity contribution in [2.24, 2.45) is 0 Å². The van der Waals surface area contributed by atoms with Gasteiger partial charge in [-0.15, -0.1) is 0 Å². The molecule has 1 aliphatic rings. The Hall–Kier alpha value is -3.21. The molecule has 0 fully saturated rings. The summed E-state index contributed by atoms with van der Waals surface area (Å²) in [5, 5.41) is -0.371. The molecule has 0 spiro atoms. The van der Waals surface area contributed by atoms with Gasteiger partial charge in [0.1, 0.15) is 6.33 Å². The van der Waals surface area contributed by atoms with Crippen LogP contribution < -0.4 is 0 Å². The quantitative estimate of drug-likeness (QED) is 0.373. The first-order chi connectivity index (χ1) is 14.3. The molecule has 2 heterocycles. The molecule has 0 radical (unpaired) electrons. The number of alkyl halides is 2. The van der Waals surface area contributed by atoms with Gasteiger partial charge < -0.3 is 9.47 Å². The number of nitrogens with zero attached hydrogens (tertiary/aromatic N) is 3. The second kappa shape index (κ2) is 8.66. The van der Waals surface area contributed by atoms with Crippen molar-refractivity contribution >= 4 is 35.2 Å². The summed E-state index contributed by atoms with van der Waals surface area (Å²) >= 11 is 4.99. The number of carbonyl (C=O) groups is 3. The average molecular weight is 437 g/mol. The number of esters is 1. The lowest BCUT2D eigenvalue weighted by Crippen LogP contribution is -2.47. The Kier molecular flexibility index (Phi) is 6.20. The van der Waals surface area contributed by atoms with Crippen molar-refractivity contribution in [2.45, 2.75) is 25.4 Å². The van der Waals surface area contributed by atoms with Gasteiger partial charge in [0.05, 0.1) is 17.7 Å². The molecule has 3 rings (SSSR count). The fourth-order valence-electron chi connectivity index (χ4n) is 2.91. The largest absolute Gasteiger partial charge is 0.461 e. The highest BCUT2D eigenvalue weighted by molar-refractivity contribution is 7.80. The van der Waals surface area contributed by atoms with E-state index in [1.807, 2.05) is 0 Å². The maximum Gasteiger partial charge on any atom is 0.381 e. The lowest BCUT2D eigenvalue weighted by Gasteiger charge is -2.27. The Morgan fingerprint density at radius 1 is 1.23 bits per heavy atom. The van der Waals surface area contributed by atoms with E-state index in [0.29, 0.717) is 0 Å². The van der Waals surface area contributed by atoms with E-state index in [2.05, 4.69) is 9.72 Å². The second-order valence-corrected chi connectivity index (χ2v) is 6.63. The fourth-order valence-corrected chi connectivity index (χ4v) is 3.14. The van der Waals surface area contributed by atoms with Crippen molar-refractivity contribution < 1.29 is 32.6 Å². The fraction of sp³-hybridized carbons (Fsp3) is 0.316. The summed E-state index contributed by atoms with van der Waals surface area (Å²) in [5.74, 6) is -7.07. The maximum absolute atomic E-state index is 14.7. The number of aromatic nitrogens is 2. The van der Waals surface area contributed by atoms with Crippen LogP contribution in [-0.2, 0) is 14.3 Å². The zero-order valence-corrected chi connectivity index (χ0v) is 16.6. The highest BCUT2D eigenvalue weighted by Gasteiger charge is 2.51. The molecule has 0 N–H and O–H groups in total. The zero-order chi connectivity index (χ0) is 21.9. The number of thiocarbonyl (C=S) groups is 1. The van der Waals surface area contributed by atoms with Crippen molar-refractivity contribution in [1.82, 2.24) is 14.5 Å². The summed E-state index contributed by atoms with van der Waals surface area (Å²) in [6, 6.07) is 6.14. The second-order valence-electron chi connectivity index (χ2n) is 6.28. The molecule has 0 bridgehead atoms. The first kappa shape index (κ1) is 21.5. The number of hydrogen-bond donors (Lipinski definition) is 0. The van der Waals surface area contributed by atoms with Crippen molar-refractivity contribution in [2.75, 3.05) is 13.2 Å². The number of imide groups is 1. The van der Waals surface area contributed by atoms with E-state index in [1.165, 1.54) is 42.3 Å². The van der Waals surface area contributed by atoms with Gasteiger partial charge in [-0.05, 0) is 31.3 Å². The SMILES string of the molecule is CCOC(=O)C(F)(F)C(CCN1C(=O)c2ccccc2C1=O)OC(=S)n1ccnc1. The molecule has 0 aliphatic carbocycles. The van der Waals surface area contributed by atoms with E-state index in [9.17, 15) is 23.2 Å². The predicted octanol–water partition coefficient (Wildman–Crippen LogP) is 2.29. The van der Waals surface area contributed by atoms with E-state index >= 15 is 0 Å². The lowest BCUT2D eigenvalue weighted by atomic mass is 10.1. The molecule has 1 aromatic heterocycles. The van der Waals surface area contributed by atoms with Gasteiger partial charge in [0.2, 0.25) is 0 Å². The Bertz CT molecular complexity index is 945. The van der Waals surface area contributed by atoms with E-state index in [0.717, 1.165) is 4.90 Å². The highest BCUT2D eigenvalue weighted by Crippen LogP contribution is 2.29. The molecule has 30 heavy (non-hydrogen) atoms. The molecule has 1 aliphatic heterocycles. The first-order valence-electron chi connectivity index (χ1n) is 8.96. The Balaban J connectivity index is 1.79. The number of imidazole rings is 1. The van der Waals surface area contributed by atoms with Crippen LogP contribution in [0.3, 0.4) is 0 Å². The molecule has 0 saturated carbocycles. The van der Waals surface area contributed by atoms with E-state index in [4.69, 9.17) is 17.0 Å². The van der Waals surface area contributed by atoms with Crippen molar-refractivity contribution in [3.63, 3.8) is 0 Å². The van der Waals surface area contributed by atoms with Crippen LogP contribution in [0.1, 0.15) is 34.1 Å². The standard InChI is InChI=1S/C19H17F2N3O5S/c1-2-28-17(27)19(20,21)14(29-18(30)23-10-8-22-11-23)7-9-24-15(25)12-5-3-4-6-13(12)16(24)26/h3-6,8,10-11,14H,2,7,9H2,1H3. The molecule has 158 valence electrons. The van der Waals surface area contributed by atoms with Gasteiger partial charge in [-0.25, -0.2) is 9.78 Å². The van der Waals surface area contributed by atoms with Gasteiger partial charge in [-0.2, -0.15) is 8.78 Å². The maximum atomic E-state index is 14.7. The molecule has 0 saturated heterocycles. The number of hydrogen-bond acceptors (Lipinski definition) is 7. The number of amides is 2. The minimum Gasteiger partial charge on any atom is -0.461 e. The minimum atomic E-state index is -4.07. The topological polar surface area (TPSA) is 90.7 Å². The summed E-state index contributed by atoms with van der Waals surface area (Å²) in [7, 11) is 0. The third kappa shape index (κ3) is 4.06. The Labute approximate surface area is 175 Å². The van der Waals surface area contributed by atoms with Crippen molar-refractivity contribution in [1.29, 1.82) is 0 Å². The molecular formula is C19H17F2N3O5S. The Morgan fingerprint density at radius 3 is 2.40 bits per heavy atom. The highest BCUT2D eigenvalue weighted by atomic mass is 32.1. The molecule has 11 heteroatoms. The average Bonchev–Trinajstić information content (AvgIpc) is 3.34. The summed E-state index contributed by atoms with van der Waals surface area (Å²) in [4.78, 5) is 41.3. The van der Waals surface area contributed by atoms with Gasteiger partial charge in [-0.1, -0.05) is 12.1 Å². The molecule has 2 amide bonds. The van der Waals surface area contributed by atoms with E-state index < -0.39 is 42.8 Å². The molecule has 2 aromatic rings. The predicted molar refractivity (Wildman–Crippen MR) is 103 cm³/mol. The lowest BCUT2D eigenvalue weighted by molar-refractivity contribution is -0.187. The molecule has 1 unspecified atom stereocenters. The molecular weight excluding hydrogens is 420 g/mol. The van der Waals surface area contributed by atoms with Crippen LogP contribution >= 0.6 is 12.2 Å². The van der Waals surface area contributed by atoms with Crippen LogP contribution in [0.15, 0.2) is 43.0 Å². The summed E-state index contributed by atoms with van der Waals surface area (Å²) in [6.07, 6.45) is 1.37. The van der Waals surface area contributed by atoms with Crippen LogP contribution in [0, 0.1) is 0 Å². The number of fused-ring (bicyclic) bond motifs is 1.